The minimum absolute atomic E-state index is 0.0110. The van der Waals surface area contributed by atoms with Gasteiger partial charge in [-0.2, -0.15) is 0 Å². The van der Waals surface area contributed by atoms with E-state index in [0.717, 1.165) is 0 Å². The van der Waals surface area contributed by atoms with Crippen molar-refractivity contribution < 1.29 is 18.6 Å². The lowest BCUT2D eigenvalue weighted by atomic mass is 10.1. The van der Waals surface area contributed by atoms with E-state index in [0.29, 0.717) is 0 Å². The summed E-state index contributed by atoms with van der Waals surface area (Å²) in [4.78, 5) is 3.75. The minimum Gasteiger partial charge on any atom is -0.481 e. The Morgan fingerprint density at radius 1 is 1.64 bits per heavy atom. The molecule has 0 aliphatic rings. The van der Waals surface area contributed by atoms with E-state index in [-0.39, 0.29) is 21.5 Å². The van der Waals surface area contributed by atoms with Crippen LogP contribution in [0.25, 0.3) is 0 Å². The van der Waals surface area contributed by atoms with Gasteiger partial charge in [0.1, 0.15) is 0 Å². The van der Waals surface area contributed by atoms with Gasteiger partial charge >= 0.3 is 0 Å². The quantitative estimate of drug-likeness (QED) is 0.914. The Balaban J connectivity index is 3.35. The molecule has 0 aliphatic heterocycles. The lowest BCUT2D eigenvalue weighted by Crippen LogP contribution is -2.02. The first-order valence-corrected chi connectivity index (χ1v) is 4.51. The topological polar surface area (TPSA) is 42.4 Å². The zero-order chi connectivity index (χ0) is 10.7. The van der Waals surface area contributed by atoms with Gasteiger partial charge in [0.25, 0.3) is 6.43 Å². The third-order valence-corrected chi connectivity index (χ3v) is 2.34. The molecule has 1 aromatic rings. The second kappa shape index (κ2) is 4.65. The van der Waals surface area contributed by atoms with Crippen molar-refractivity contribution in [2.75, 3.05) is 7.11 Å². The molecule has 6 heteroatoms. The molecule has 0 saturated carbocycles. The largest absolute Gasteiger partial charge is 0.481 e. The van der Waals surface area contributed by atoms with Crippen LogP contribution >= 0.6 is 15.9 Å². The molecule has 14 heavy (non-hydrogen) atoms. The van der Waals surface area contributed by atoms with Crippen molar-refractivity contribution in [1.82, 2.24) is 4.98 Å². The van der Waals surface area contributed by atoms with Crippen LogP contribution in [0.4, 0.5) is 8.78 Å². The first-order chi connectivity index (χ1) is 6.61. The van der Waals surface area contributed by atoms with Gasteiger partial charge < -0.3 is 9.84 Å². The second-order valence-electron chi connectivity index (χ2n) is 2.47. The molecule has 1 aromatic heterocycles. The van der Waals surface area contributed by atoms with Crippen molar-refractivity contribution in [3.8, 4) is 5.88 Å². The number of aliphatic hydroxyl groups excluding tert-OH is 1. The maximum absolute atomic E-state index is 12.6. The van der Waals surface area contributed by atoms with E-state index in [9.17, 15) is 8.78 Å². The van der Waals surface area contributed by atoms with Gasteiger partial charge in [-0.15, -0.1) is 0 Å². The van der Waals surface area contributed by atoms with E-state index in [1.165, 1.54) is 13.3 Å². The molecule has 0 spiro atoms. The van der Waals surface area contributed by atoms with E-state index in [1.54, 1.807) is 0 Å². The van der Waals surface area contributed by atoms with E-state index in [1.807, 2.05) is 0 Å². The summed E-state index contributed by atoms with van der Waals surface area (Å²) in [6.07, 6.45) is -1.46. The molecule has 1 rings (SSSR count). The van der Waals surface area contributed by atoms with Gasteiger partial charge in [0.2, 0.25) is 5.88 Å². The highest BCUT2D eigenvalue weighted by Gasteiger charge is 2.20. The Labute approximate surface area is 87.9 Å². The maximum atomic E-state index is 12.6. The predicted molar refractivity (Wildman–Crippen MR) is 49.4 cm³/mol. The van der Waals surface area contributed by atoms with Crippen molar-refractivity contribution in [2.24, 2.45) is 0 Å². The minimum atomic E-state index is -2.68. The number of rotatable bonds is 3. The van der Waals surface area contributed by atoms with E-state index in [4.69, 9.17) is 9.84 Å². The summed E-state index contributed by atoms with van der Waals surface area (Å²) in [5.74, 6) is 0.0194. The molecule has 78 valence electrons. The van der Waals surface area contributed by atoms with Gasteiger partial charge in [0, 0.05) is 21.8 Å². The lowest BCUT2D eigenvalue weighted by Gasteiger charge is -2.11. The van der Waals surface area contributed by atoms with Crippen molar-refractivity contribution in [3.63, 3.8) is 0 Å². The fourth-order valence-electron chi connectivity index (χ4n) is 1.09. The molecule has 0 unspecified atom stereocenters. The SMILES string of the molecule is COc1ncc(Br)c(C(F)F)c1CO. The zero-order valence-electron chi connectivity index (χ0n) is 7.30. The maximum Gasteiger partial charge on any atom is 0.265 e. The van der Waals surface area contributed by atoms with Crippen molar-refractivity contribution in [2.45, 2.75) is 13.0 Å². The molecule has 1 heterocycles. The first kappa shape index (κ1) is 11.3. The first-order valence-electron chi connectivity index (χ1n) is 3.72. The number of alkyl halides is 2. The highest BCUT2D eigenvalue weighted by Crippen LogP contribution is 2.34. The van der Waals surface area contributed by atoms with Crippen LogP contribution in [0, 0.1) is 0 Å². The summed E-state index contributed by atoms with van der Waals surface area (Å²) < 4.78 is 30.1. The number of ether oxygens (including phenoxy) is 1. The highest BCUT2D eigenvalue weighted by atomic mass is 79.9. The molecule has 0 saturated heterocycles. The molecule has 0 bridgehead atoms. The van der Waals surface area contributed by atoms with Gasteiger partial charge in [-0.1, -0.05) is 0 Å². The molecule has 0 aromatic carbocycles. The Bertz CT molecular complexity index is 333. The fourth-order valence-corrected chi connectivity index (χ4v) is 1.60. The van der Waals surface area contributed by atoms with Crippen LogP contribution in [-0.2, 0) is 6.61 Å². The van der Waals surface area contributed by atoms with Gasteiger partial charge in [-0.25, -0.2) is 13.8 Å². The van der Waals surface area contributed by atoms with E-state index in [2.05, 4.69) is 20.9 Å². The number of hydrogen-bond donors (Lipinski definition) is 1. The summed E-state index contributed by atoms with van der Waals surface area (Å²) in [6.45, 7) is -0.532. The van der Waals surface area contributed by atoms with Crippen LogP contribution < -0.4 is 4.74 Å². The standard InChI is InChI=1S/C8H8BrF2NO2/c1-14-8-4(3-13)6(7(10)11)5(9)2-12-8/h2,7,13H,3H2,1H3. The highest BCUT2D eigenvalue weighted by molar-refractivity contribution is 9.10. The van der Waals surface area contributed by atoms with Crippen molar-refractivity contribution in [1.29, 1.82) is 0 Å². The van der Waals surface area contributed by atoms with Crippen molar-refractivity contribution in [3.05, 3.63) is 21.8 Å². The number of pyridine rings is 1. The van der Waals surface area contributed by atoms with Crippen molar-refractivity contribution >= 4 is 15.9 Å². The summed E-state index contributed by atoms with van der Waals surface area (Å²) >= 11 is 2.94. The monoisotopic (exact) mass is 267 g/mol. The summed E-state index contributed by atoms with van der Waals surface area (Å²) in [6, 6.07) is 0. The fraction of sp³-hybridized carbons (Fsp3) is 0.375. The number of nitrogens with zero attached hydrogens (tertiary/aromatic N) is 1. The van der Waals surface area contributed by atoms with Gasteiger partial charge in [0.05, 0.1) is 13.7 Å². The third-order valence-electron chi connectivity index (χ3n) is 1.71. The van der Waals surface area contributed by atoms with Crippen LogP contribution in [-0.4, -0.2) is 17.2 Å². The molecular weight excluding hydrogens is 260 g/mol. The summed E-state index contributed by atoms with van der Waals surface area (Å²) in [5, 5.41) is 8.93. The summed E-state index contributed by atoms with van der Waals surface area (Å²) in [7, 11) is 1.31. The number of aliphatic hydroxyl groups is 1. The van der Waals surface area contributed by atoms with Crippen LogP contribution in [0.1, 0.15) is 17.6 Å². The van der Waals surface area contributed by atoms with E-state index < -0.39 is 13.0 Å². The Hall–Kier alpha value is -0.750. The molecule has 0 atom stereocenters. The Morgan fingerprint density at radius 3 is 2.71 bits per heavy atom. The average Bonchev–Trinajstić information content (AvgIpc) is 2.16. The van der Waals surface area contributed by atoms with Gasteiger partial charge in [-0.05, 0) is 15.9 Å². The van der Waals surface area contributed by atoms with Crippen LogP contribution in [0.3, 0.4) is 0 Å². The molecule has 0 aliphatic carbocycles. The number of hydrogen-bond acceptors (Lipinski definition) is 3. The average molecular weight is 268 g/mol. The molecule has 0 fully saturated rings. The lowest BCUT2D eigenvalue weighted by molar-refractivity contribution is 0.145. The predicted octanol–water partition coefficient (Wildman–Crippen LogP) is 2.28. The summed E-state index contributed by atoms with van der Waals surface area (Å²) in [5.41, 5.74) is -0.267. The molecule has 1 N–H and O–H groups in total. The smallest absolute Gasteiger partial charge is 0.265 e. The normalized spacial score (nSPS) is 10.7. The van der Waals surface area contributed by atoms with Gasteiger partial charge in [0.15, 0.2) is 0 Å². The number of aromatic nitrogens is 1. The molecule has 0 amide bonds. The molecular formula is C8H8BrF2NO2. The van der Waals surface area contributed by atoms with Crippen LogP contribution in [0.15, 0.2) is 10.7 Å². The molecule has 0 radical (unpaired) electrons. The van der Waals surface area contributed by atoms with Crippen LogP contribution in [0.2, 0.25) is 0 Å². The molecule has 3 nitrogen and oxygen atoms in total. The second-order valence-corrected chi connectivity index (χ2v) is 3.32. The van der Waals surface area contributed by atoms with E-state index >= 15 is 0 Å². The number of halogens is 3. The third kappa shape index (κ3) is 2.01. The zero-order valence-corrected chi connectivity index (χ0v) is 8.88. The number of methoxy groups -OCH3 is 1. The Kier molecular flexibility index (Phi) is 3.77. The van der Waals surface area contributed by atoms with Crippen LogP contribution in [0.5, 0.6) is 5.88 Å². The van der Waals surface area contributed by atoms with Gasteiger partial charge in [-0.3, -0.25) is 0 Å². The Morgan fingerprint density at radius 2 is 2.29 bits per heavy atom.